The van der Waals surface area contributed by atoms with E-state index in [0.717, 1.165) is 12.1 Å². The highest BCUT2D eigenvalue weighted by Gasteiger charge is 2.01. The van der Waals surface area contributed by atoms with Gasteiger partial charge in [-0.25, -0.2) is 4.98 Å². The molecule has 1 aromatic heterocycles. The molecule has 0 aliphatic carbocycles. The fourth-order valence-electron chi connectivity index (χ4n) is 0.907. The largest absolute Gasteiger partial charge is 0.382 e. The van der Waals surface area contributed by atoms with Gasteiger partial charge in [0.1, 0.15) is 5.82 Å². The second-order valence-corrected chi connectivity index (χ2v) is 2.89. The lowest BCUT2D eigenvalue weighted by atomic mass is 10.2. The molecule has 0 spiro atoms. The molecule has 0 fully saturated rings. The van der Waals surface area contributed by atoms with E-state index in [4.69, 9.17) is 5.73 Å². The monoisotopic (exact) mass is 165 g/mol. The Morgan fingerprint density at radius 1 is 1.67 bits per heavy atom. The molecule has 0 aliphatic rings. The van der Waals surface area contributed by atoms with Gasteiger partial charge in [0.25, 0.3) is 0 Å². The summed E-state index contributed by atoms with van der Waals surface area (Å²) in [6.45, 7) is 4.25. The van der Waals surface area contributed by atoms with Gasteiger partial charge in [-0.1, -0.05) is 6.92 Å². The van der Waals surface area contributed by atoms with E-state index in [2.05, 4.69) is 24.1 Å². The molecule has 1 aromatic rings. The number of hydrogen-bond acceptors (Lipinski definition) is 3. The fraction of sp³-hybridized carbons (Fsp3) is 0.444. The predicted octanol–water partition coefficient (Wildman–Crippen LogP) is 1.87. The number of nitrogens with two attached hydrogens (primary N) is 1. The first-order valence-corrected chi connectivity index (χ1v) is 4.21. The average Bonchev–Trinajstić information content (AvgIpc) is 2.09. The Balaban J connectivity index is 2.69. The second kappa shape index (κ2) is 3.95. The highest BCUT2D eigenvalue weighted by Crippen LogP contribution is 2.15. The number of aromatic nitrogens is 1. The van der Waals surface area contributed by atoms with Crippen molar-refractivity contribution in [3.05, 3.63) is 18.3 Å². The van der Waals surface area contributed by atoms with Crippen LogP contribution in [0.5, 0.6) is 0 Å². The van der Waals surface area contributed by atoms with Crippen molar-refractivity contribution in [1.29, 1.82) is 0 Å². The van der Waals surface area contributed by atoms with Gasteiger partial charge < -0.3 is 11.1 Å². The number of nitrogen functional groups attached to an aromatic ring is 1. The number of hydrogen-bond donors (Lipinski definition) is 2. The summed E-state index contributed by atoms with van der Waals surface area (Å²) in [4.78, 5) is 3.98. The molecule has 3 nitrogen and oxygen atoms in total. The number of anilines is 2. The van der Waals surface area contributed by atoms with Crippen molar-refractivity contribution >= 4 is 11.5 Å². The third kappa shape index (κ3) is 2.12. The van der Waals surface area contributed by atoms with Crippen LogP contribution in [0.15, 0.2) is 18.3 Å². The maximum atomic E-state index is 5.65. The third-order valence-electron chi connectivity index (χ3n) is 1.85. The lowest BCUT2D eigenvalue weighted by molar-refractivity contribution is 0.764. The van der Waals surface area contributed by atoms with E-state index in [9.17, 15) is 0 Å². The lowest BCUT2D eigenvalue weighted by Crippen LogP contribution is -2.14. The summed E-state index contributed by atoms with van der Waals surface area (Å²) in [7, 11) is 0. The average molecular weight is 165 g/mol. The molecule has 0 aromatic carbocycles. The molecule has 1 unspecified atom stereocenters. The molecular weight excluding hydrogens is 150 g/mol. The molecule has 66 valence electrons. The van der Waals surface area contributed by atoms with Crippen molar-refractivity contribution in [2.24, 2.45) is 0 Å². The first-order valence-electron chi connectivity index (χ1n) is 4.21. The van der Waals surface area contributed by atoms with Crippen LogP contribution in [0.2, 0.25) is 0 Å². The molecular formula is C9H15N3. The fourth-order valence-corrected chi connectivity index (χ4v) is 0.907. The highest BCUT2D eigenvalue weighted by atomic mass is 15.0. The van der Waals surface area contributed by atoms with Gasteiger partial charge in [0.15, 0.2) is 0 Å². The summed E-state index contributed by atoms with van der Waals surface area (Å²) in [5.74, 6) is 0.567. The van der Waals surface area contributed by atoms with Crippen LogP contribution in [0, 0.1) is 0 Å². The summed E-state index contributed by atoms with van der Waals surface area (Å²) >= 11 is 0. The molecule has 1 rings (SSSR count). The summed E-state index contributed by atoms with van der Waals surface area (Å²) in [6.07, 6.45) is 2.77. The van der Waals surface area contributed by atoms with Crippen molar-refractivity contribution < 1.29 is 0 Å². The minimum absolute atomic E-state index is 0.441. The molecule has 0 radical (unpaired) electrons. The Morgan fingerprint density at radius 2 is 2.42 bits per heavy atom. The normalized spacial score (nSPS) is 12.5. The number of pyridine rings is 1. The van der Waals surface area contributed by atoms with Crippen LogP contribution in [0.4, 0.5) is 11.5 Å². The summed E-state index contributed by atoms with van der Waals surface area (Å²) < 4.78 is 0. The van der Waals surface area contributed by atoms with Crippen LogP contribution in [0.25, 0.3) is 0 Å². The van der Waals surface area contributed by atoms with Crippen molar-refractivity contribution in [3.63, 3.8) is 0 Å². The number of nitrogens with one attached hydrogen (secondary N) is 1. The topological polar surface area (TPSA) is 50.9 Å². The molecule has 0 saturated carbocycles. The van der Waals surface area contributed by atoms with Crippen LogP contribution in [0.3, 0.4) is 0 Å². The van der Waals surface area contributed by atoms with Gasteiger partial charge in [0.05, 0.1) is 5.69 Å². The van der Waals surface area contributed by atoms with Gasteiger partial charge in [0.2, 0.25) is 0 Å². The van der Waals surface area contributed by atoms with E-state index in [-0.39, 0.29) is 0 Å². The molecule has 0 amide bonds. The zero-order valence-electron chi connectivity index (χ0n) is 7.54. The van der Waals surface area contributed by atoms with Crippen molar-refractivity contribution in [2.45, 2.75) is 26.3 Å². The first kappa shape index (κ1) is 8.84. The minimum atomic E-state index is 0.441. The Bertz CT molecular complexity index is 247. The van der Waals surface area contributed by atoms with Crippen LogP contribution < -0.4 is 11.1 Å². The molecule has 1 heterocycles. The molecule has 0 saturated heterocycles. The van der Waals surface area contributed by atoms with Gasteiger partial charge in [-0.15, -0.1) is 0 Å². The quantitative estimate of drug-likeness (QED) is 0.719. The lowest BCUT2D eigenvalue weighted by Gasteiger charge is -2.13. The van der Waals surface area contributed by atoms with E-state index in [1.165, 1.54) is 0 Å². The Morgan fingerprint density at radius 3 is 3.00 bits per heavy atom. The van der Waals surface area contributed by atoms with E-state index in [0.29, 0.717) is 11.9 Å². The maximum absolute atomic E-state index is 5.65. The SMILES string of the molecule is CCC(C)Nc1cccnc1N. The summed E-state index contributed by atoms with van der Waals surface area (Å²) in [6, 6.07) is 4.26. The van der Waals surface area contributed by atoms with Crippen molar-refractivity contribution in [2.75, 3.05) is 11.1 Å². The van der Waals surface area contributed by atoms with Gasteiger partial charge in [-0.2, -0.15) is 0 Å². The molecule has 0 bridgehead atoms. The predicted molar refractivity (Wildman–Crippen MR) is 52.0 cm³/mol. The zero-order chi connectivity index (χ0) is 8.97. The number of rotatable bonds is 3. The highest BCUT2D eigenvalue weighted by molar-refractivity contribution is 5.61. The molecule has 3 heteroatoms. The van der Waals surface area contributed by atoms with E-state index >= 15 is 0 Å². The molecule has 1 atom stereocenters. The van der Waals surface area contributed by atoms with Gasteiger partial charge in [-0.05, 0) is 25.5 Å². The zero-order valence-corrected chi connectivity index (χ0v) is 7.54. The van der Waals surface area contributed by atoms with E-state index in [1.807, 2.05) is 12.1 Å². The van der Waals surface area contributed by atoms with Gasteiger partial charge in [0, 0.05) is 12.2 Å². The van der Waals surface area contributed by atoms with Crippen molar-refractivity contribution in [1.82, 2.24) is 4.98 Å². The molecule has 12 heavy (non-hydrogen) atoms. The van der Waals surface area contributed by atoms with Crippen molar-refractivity contribution in [3.8, 4) is 0 Å². The Hall–Kier alpha value is -1.25. The van der Waals surface area contributed by atoms with Gasteiger partial charge in [-0.3, -0.25) is 0 Å². The van der Waals surface area contributed by atoms with Crippen LogP contribution in [0.1, 0.15) is 20.3 Å². The van der Waals surface area contributed by atoms with Gasteiger partial charge >= 0.3 is 0 Å². The van der Waals surface area contributed by atoms with Crippen LogP contribution >= 0.6 is 0 Å². The second-order valence-electron chi connectivity index (χ2n) is 2.89. The molecule has 0 aliphatic heterocycles. The minimum Gasteiger partial charge on any atom is -0.382 e. The van der Waals surface area contributed by atoms with Crippen LogP contribution in [-0.2, 0) is 0 Å². The Labute approximate surface area is 73.0 Å². The smallest absolute Gasteiger partial charge is 0.146 e. The summed E-state index contributed by atoms with van der Waals surface area (Å²) in [5, 5.41) is 3.27. The Kier molecular flexibility index (Phi) is 2.91. The van der Waals surface area contributed by atoms with E-state index < -0.39 is 0 Å². The molecule has 3 N–H and O–H groups in total. The third-order valence-corrected chi connectivity index (χ3v) is 1.85. The first-order chi connectivity index (χ1) is 5.74. The standard InChI is InChI=1S/C9H15N3/c1-3-7(2)12-8-5-4-6-11-9(8)10/h4-7,12H,3H2,1-2H3,(H2,10,11). The van der Waals surface area contributed by atoms with Crippen LogP contribution in [-0.4, -0.2) is 11.0 Å². The van der Waals surface area contributed by atoms with E-state index in [1.54, 1.807) is 6.20 Å². The summed E-state index contributed by atoms with van der Waals surface area (Å²) in [5.41, 5.74) is 6.57. The maximum Gasteiger partial charge on any atom is 0.146 e. The number of nitrogens with zero attached hydrogens (tertiary/aromatic N) is 1.